The first-order valence-corrected chi connectivity index (χ1v) is 25.4. The van der Waals surface area contributed by atoms with Gasteiger partial charge in [0.25, 0.3) is 0 Å². The zero-order valence-electron chi connectivity index (χ0n) is 40.2. The van der Waals surface area contributed by atoms with E-state index in [0.29, 0.717) is 48.3 Å². The van der Waals surface area contributed by atoms with E-state index in [1.165, 1.54) is 24.6 Å². The number of ether oxygens (including phenoxy) is 9. The van der Waals surface area contributed by atoms with Crippen LogP contribution in [0, 0.1) is 52.2 Å². The van der Waals surface area contributed by atoms with Crippen LogP contribution < -0.4 is 0 Å². The lowest BCUT2D eigenvalue weighted by atomic mass is 9.47. The van der Waals surface area contributed by atoms with Gasteiger partial charge in [0.1, 0.15) is 73.5 Å². The number of benzene rings is 1. The minimum absolute atomic E-state index is 0.0503. The fraction of sp³-hybridized carbons (Fsp3) is 0.824. The van der Waals surface area contributed by atoms with Crippen molar-refractivity contribution < 1.29 is 87.6 Å². The molecule has 18 heteroatoms. The Balaban J connectivity index is 0.830. The van der Waals surface area contributed by atoms with E-state index in [1.54, 1.807) is 0 Å². The van der Waals surface area contributed by atoms with Gasteiger partial charge in [0.15, 0.2) is 24.7 Å². The van der Waals surface area contributed by atoms with Gasteiger partial charge in [0.2, 0.25) is 0 Å². The molecule has 0 bridgehead atoms. The molecule has 3 saturated carbocycles. The maximum atomic E-state index is 13.4. The normalized spacial score (nSPS) is 51.6. The van der Waals surface area contributed by atoms with Gasteiger partial charge in [0.05, 0.1) is 37.1 Å². The summed E-state index contributed by atoms with van der Waals surface area (Å²) in [6.45, 7) is 10.6. The molecule has 1 aromatic rings. The van der Waals surface area contributed by atoms with Crippen LogP contribution in [-0.2, 0) is 42.6 Å². The van der Waals surface area contributed by atoms with E-state index < -0.39 is 123 Å². The number of carbonyl (C=O) groups excluding carboxylic acids is 1. The lowest BCUT2D eigenvalue weighted by Crippen LogP contribution is -2.65. The summed E-state index contributed by atoms with van der Waals surface area (Å²) in [7, 11) is 0. The second kappa shape index (κ2) is 19.2. The average Bonchev–Trinajstić information content (AvgIpc) is 3.89. The molecule has 4 aliphatic carbocycles. The second-order valence-corrected chi connectivity index (χ2v) is 22.5. The third-order valence-corrected chi connectivity index (χ3v) is 18.6. The Kier molecular flexibility index (Phi) is 14.0. The molecule has 9 aliphatic rings. The number of fused-ring (bicyclic) bond motifs is 7. The monoisotopic (exact) mass is 976 g/mol. The molecule has 0 amide bonds. The summed E-state index contributed by atoms with van der Waals surface area (Å²) in [5.74, 6) is 1.12. The lowest BCUT2D eigenvalue weighted by molar-refractivity contribution is -0.380. The number of carbonyl (C=O) groups is 1. The SMILES string of the molecule is C[C@@H]1CC[C@@]2(OC1)OC1CC3C4CC=C5C[C@@H](O[C@@H]6O[C@H](CO)[C@@H](O[C@H]7O[C@@H](COC(=O)c8ccc(F)cc8)[C@H](O)[C@H]7O)[C@H](O)[C@H]6O[C@H]6O[C@@H](C)[C@H](O)[C@@H](O)[C@H]6O)CC[C@]5(C)C4CC[C@]3(C)C1[C@@H]2C. The molecule has 25 atom stereocenters. The molecular formula is C51H73FO17. The molecule has 1 spiro atoms. The van der Waals surface area contributed by atoms with Crippen molar-refractivity contribution in [3.63, 3.8) is 0 Å². The van der Waals surface area contributed by atoms with E-state index in [-0.39, 0.29) is 22.5 Å². The Morgan fingerprint density at radius 2 is 1.48 bits per heavy atom. The first-order valence-electron chi connectivity index (χ1n) is 25.4. The highest BCUT2D eigenvalue weighted by Gasteiger charge is 2.69. The number of hydrogen-bond acceptors (Lipinski definition) is 17. The van der Waals surface area contributed by atoms with Crippen molar-refractivity contribution in [2.45, 2.75) is 196 Å². The fourth-order valence-corrected chi connectivity index (χ4v) is 14.6. The predicted molar refractivity (Wildman–Crippen MR) is 238 cm³/mol. The van der Waals surface area contributed by atoms with E-state index in [1.807, 2.05) is 0 Å². The van der Waals surface area contributed by atoms with Gasteiger partial charge < -0.3 is 78.4 Å². The zero-order valence-corrected chi connectivity index (χ0v) is 40.2. The summed E-state index contributed by atoms with van der Waals surface area (Å²) in [5.41, 5.74) is 1.50. The maximum Gasteiger partial charge on any atom is 0.338 e. The highest BCUT2D eigenvalue weighted by molar-refractivity contribution is 5.89. The Hall–Kier alpha value is -2.24. The number of rotatable bonds is 10. The van der Waals surface area contributed by atoms with E-state index in [9.17, 15) is 44.9 Å². The van der Waals surface area contributed by atoms with Crippen LogP contribution in [0.4, 0.5) is 4.39 Å². The van der Waals surface area contributed by atoms with Crippen molar-refractivity contribution >= 4 is 5.97 Å². The van der Waals surface area contributed by atoms with E-state index in [2.05, 4.69) is 33.8 Å². The highest BCUT2D eigenvalue weighted by Crippen LogP contribution is 2.70. The Labute approximate surface area is 402 Å². The number of hydrogen-bond donors (Lipinski definition) is 7. The van der Waals surface area contributed by atoms with Gasteiger partial charge in [-0.3, -0.25) is 0 Å². The number of aliphatic hydroxyl groups is 7. The summed E-state index contributed by atoms with van der Waals surface area (Å²) >= 11 is 0. The molecule has 1 aromatic carbocycles. The first kappa shape index (κ1) is 50.3. The van der Waals surface area contributed by atoms with Gasteiger partial charge in [-0.1, -0.05) is 39.3 Å². The predicted octanol–water partition coefficient (Wildman–Crippen LogP) is 2.86. The Bertz CT molecular complexity index is 2020. The summed E-state index contributed by atoms with van der Waals surface area (Å²) < 4.78 is 69.1. The lowest BCUT2D eigenvalue weighted by Gasteiger charge is -2.58. The Morgan fingerprint density at radius 1 is 0.768 bits per heavy atom. The third-order valence-electron chi connectivity index (χ3n) is 18.6. The highest BCUT2D eigenvalue weighted by atomic mass is 19.1. The summed E-state index contributed by atoms with van der Waals surface area (Å²) in [6.07, 6.45) is -10.3. The number of halogens is 1. The van der Waals surface area contributed by atoms with E-state index >= 15 is 0 Å². The van der Waals surface area contributed by atoms with Crippen molar-refractivity contribution in [2.75, 3.05) is 19.8 Å². The number of allylic oxidation sites excluding steroid dienone is 1. The number of aliphatic hydroxyl groups excluding tert-OH is 7. The number of esters is 1. The van der Waals surface area contributed by atoms with Gasteiger partial charge in [-0.2, -0.15) is 0 Å². The minimum atomic E-state index is -1.75. The third kappa shape index (κ3) is 8.75. The van der Waals surface area contributed by atoms with Crippen LogP contribution in [0.2, 0.25) is 0 Å². The van der Waals surface area contributed by atoms with Crippen LogP contribution >= 0.6 is 0 Å². The molecule has 10 rings (SSSR count). The molecule has 7 N–H and O–H groups in total. The summed E-state index contributed by atoms with van der Waals surface area (Å²) in [5, 5.41) is 76.9. The zero-order chi connectivity index (χ0) is 48.9. The van der Waals surface area contributed by atoms with Crippen molar-refractivity contribution in [3.8, 4) is 0 Å². The molecule has 386 valence electrons. The first-order chi connectivity index (χ1) is 32.8. The van der Waals surface area contributed by atoms with Gasteiger partial charge in [-0.25, -0.2) is 9.18 Å². The fourth-order valence-electron chi connectivity index (χ4n) is 14.6. The minimum Gasteiger partial charge on any atom is -0.459 e. The Morgan fingerprint density at radius 3 is 2.20 bits per heavy atom. The quantitative estimate of drug-likeness (QED) is 0.132. The largest absolute Gasteiger partial charge is 0.459 e. The van der Waals surface area contributed by atoms with Crippen LogP contribution in [0.15, 0.2) is 35.9 Å². The molecule has 5 unspecified atom stereocenters. The molecule has 17 nitrogen and oxygen atoms in total. The molecule has 5 saturated heterocycles. The van der Waals surface area contributed by atoms with Crippen LogP contribution in [-0.4, -0.2) is 166 Å². The molecule has 0 radical (unpaired) electrons. The second-order valence-electron chi connectivity index (χ2n) is 22.5. The van der Waals surface area contributed by atoms with Gasteiger partial charge >= 0.3 is 5.97 Å². The maximum absolute atomic E-state index is 13.4. The van der Waals surface area contributed by atoms with Gasteiger partial charge in [-0.05, 0) is 123 Å². The van der Waals surface area contributed by atoms with Crippen molar-refractivity contribution in [3.05, 3.63) is 47.3 Å². The molecule has 8 fully saturated rings. The molecule has 5 heterocycles. The van der Waals surface area contributed by atoms with Gasteiger partial charge in [0, 0.05) is 12.3 Å². The van der Waals surface area contributed by atoms with Crippen molar-refractivity contribution in [1.29, 1.82) is 0 Å². The molecular weight excluding hydrogens is 904 g/mol. The summed E-state index contributed by atoms with van der Waals surface area (Å²) in [6, 6.07) is 4.65. The topological polar surface area (TPSA) is 242 Å². The van der Waals surface area contributed by atoms with E-state index in [4.69, 9.17) is 42.6 Å². The van der Waals surface area contributed by atoms with Gasteiger partial charge in [-0.15, -0.1) is 0 Å². The summed E-state index contributed by atoms with van der Waals surface area (Å²) in [4.78, 5) is 12.6. The smallest absolute Gasteiger partial charge is 0.338 e. The standard InChI is InChI=1S/C51H73FO17/c1-23-12-17-51(62-21-23)24(2)36-33(69-51)19-32-30-11-8-27-18-29(13-15-49(27,4)31(30)14-16-50(32,36)5)64-48-44(68-46-41(58)39(56)37(54)25(3)63-46)42(59)43(34(20-53)65-48)67-47-40(57)38(55)35(66-47)22-61-45(60)26-6-9-28(52)10-7-26/h6-10,23-25,29-44,46-48,53-59H,11-22H2,1-5H3/t23-,24+,25+,29+,30?,31?,32?,33?,34-,35+,36?,37+,38+,39-,40-,41-,42+,43-,44-,46-,47-,48-,49+,50+,51-/m1/s1. The molecule has 0 aromatic heterocycles. The van der Waals surface area contributed by atoms with Crippen LogP contribution in [0.1, 0.15) is 103 Å². The average molecular weight is 977 g/mol. The van der Waals surface area contributed by atoms with Crippen LogP contribution in [0.3, 0.4) is 0 Å². The van der Waals surface area contributed by atoms with E-state index in [0.717, 1.165) is 63.7 Å². The van der Waals surface area contributed by atoms with Crippen LogP contribution in [0.5, 0.6) is 0 Å². The van der Waals surface area contributed by atoms with Crippen molar-refractivity contribution in [1.82, 2.24) is 0 Å². The molecule has 5 aliphatic heterocycles. The molecule has 69 heavy (non-hydrogen) atoms. The van der Waals surface area contributed by atoms with Crippen LogP contribution in [0.25, 0.3) is 0 Å². The van der Waals surface area contributed by atoms with Crippen molar-refractivity contribution in [2.24, 2.45) is 46.3 Å².